The first-order valence-corrected chi connectivity index (χ1v) is 8.29. The smallest absolute Gasteiger partial charge is 0.410 e. The van der Waals surface area contributed by atoms with Crippen LogP contribution in [0.2, 0.25) is 0 Å². The van der Waals surface area contributed by atoms with Crippen LogP contribution in [0.25, 0.3) is 0 Å². The molecule has 0 atom stereocenters. The zero-order valence-corrected chi connectivity index (χ0v) is 15.0. The number of piperidine rings is 1. The first-order valence-electron chi connectivity index (χ1n) is 8.29. The summed E-state index contributed by atoms with van der Waals surface area (Å²) in [5, 5.41) is 16.7. The second-order valence-electron chi connectivity index (χ2n) is 7.53. The zero-order chi connectivity index (χ0) is 18.4. The lowest BCUT2D eigenvalue weighted by molar-refractivity contribution is 0.0176. The Hall–Kier alpha value is -2.69. The van der Waals surface area contributed by atoms with Crippen molar-refractivity contribution in [2.24, 2.45) is 5.73 Å². The van der Waals surface area contributed by atoms with Gasteiger partial charge in [-0.25, -0.2) is 4.79 Å². The highest BCUT2D eigenvalue weighted by Crippen LogP contribution is 2.49. The van der Waals surface area contributed by atoms with Gasteiger partial charge in [0.25, 0.3) is 0 Å². The minimum absolute atomic E-state index is 0.0900. The molecule has 1 fully saturated rings. The lowest BCUT2D eigenvalue weighted by Crippen LogP contribution is -2.49. The Morgan fingerprint density at radius 2 is 2.08 bits per heavy atom. The van der Waals surface area contributed by atoms with E-state index in [9.17, 15) is 10.1 Å². The average molecular weight is 345 g/mol. The summed E-state index contributed by atoms with van der Waals surface area (Å²) in [6.45, 7) is 8.36. The molecule has 0 bridgehead atoms. The first kappa shape index (κ1) is 17.1. The van der Waals surface area contributed by atoms with Crippen molar-refractivity contribution in [2.75, 3.05) is 13.1 Å². The molecule has 2 aliphatic heterocycles. The number of aryl methyl sites for hydroxylation is 1. The number of ether oxygens (including phenoxy) is 2. The van der Waals surface area contributed by atoms with E-state index in [4.69, 9.17) is 15.2 Å². The molecular weight excluding hydrogens is 322 g/mol. The van der Waals surface area contributed by atoms with Crippen LogP contribution < -0.4 is 10.5 Å². The number of aromatic nitrogens is 2. The van der Waals surface area contributed by atoms with Crippen LogP contribution >= 0.6 is 0 Å². The van der Waals surface area contributed by atoms with Crippen LogP contribution in [0.1, 0.15) is 44.9 Å². The average Bonchev–Trinajstić information content (AvgIpc) is 2.88. The molecule has 134 valence electrons. The SMILES string of the molecule is Cc1[nH]nc2c1C1(CCN(C(=O)OC(C)(C)C)CC1)C(C#N)=C(N)O2. The fourth-order valence-corrected chi connectivity index (χ4v) is 3.62. The van der Waals surface area contributed by atoms with Gasteiger partial charge in [-0.3, -0.25) is 5.10 Å². The molecule has 1 saturated heterocycles. The number of nitriles is 1. The molecule has 3 heterocycles. The molecule has 25 heavy (non-hydrogen) atoms. The van der Waals surface area contributed by atoms with Crippen LogP contribution in [-0.4, -0.2) is 39.9 Å². The van der Waals surface area contributed by atoms with Gasteiger partial charge in [0.2, 0.25) is 11.8 Å². The number of carbonyl (C=O) groups is 1. The Balaban J connectivity index is 1.90. The van der Waals surface area contributed by atoms with Gasteiger partial charge in [0.05, 0.1) is 0 Å². The molecule has 3 rings (SSSR count). The van der Waals surface area contributed by atoms with E-state index in [-0.39, 0.29) is 12.0 Å². The third-order valence-electron chi connectivity index (χ3n) is 4.70. The van der Waals surface area contributed by atoms with Gasteiger partial charge in [0.15, 0.2) is 0 Å². The molecule has 1 spiro atoms. The second kappa shape index (κ2) is 5.69. The van der Waals surface area contributed by atoms with E-state index in [1.54, 1.807) is 4.90 Å². The van der Waals surface area contributed by atoms with Gasteiger partial charge < -0.3 is 20.1 Å². The number of likely N-dealkylation sites (tertiary alicyclic amines) is 1. The van der Waals surface area contributed by atoms with Crippen molar-refractivity contribution in [3.63, 3.8) is 0 Å². The normalized spacial score (nSPS) is 19.2. The van der Waals surface area contributed by atoms with E-state index in [1.807, 2.05) is 27.7 Å². The number of allylic oxidation sites excluding steroid dienone is 1. The number of hydrogen-bond acceptors (Lipinski definition) is 6. The number of aromatic amines is 1. The summed E-state index contributed by atoms with van der Waals surface area (Å²) in [7, 11) is 0. The minimum atomic E-state index is -0.581. The Labute approximate surface area is 146 Å². The maximum Gasteiger partial charge on any atom is 0.410 e. The molecule has 1 aromatic heterocycles. The summed E-state index contributed by atoms with van der Waals surface area (Å²) in [5.41, 5.74) is 6.97. The number of nitrogens with zero attached hydrogens (tertiary/aromatic N) is 3. The number of nitrogens with two attached hydrogens (primary N) is 1. The van der Waals surface area contributed by atoms with Crippen LogP contribution in [0.3, 0.4) is 0 Å². The summed E-state index contributed by atoms with van der Waals surface area (Å²) in [6.07, 6.45) is 0.785. The Morgan fingerprint density at radius 1 is 1.44 bits per heavy atom. The summed E-state index contributed by atoms with van der Waals surface area (Å²) in [6, 6.07) is 2.21. The minimum Gasteiger partial charge on any atom is -0.444 e. The van der Waals surface area contributed by atoms with Crippen LogP contribution in [0.4, 0.5) is 4.79 Å². The molecular formula is C17H23N5O3. The van der Waals surface area contributed by atoms with Crippen molar-refractivity contribution in [3.8, 4) is 11.9 Å². The molecule has 8 heteroatoms. The molecule has 0 radical (unpaired) electrons. The van der Waals surface area contributed by atoms with E-state index < -0.39 is 11.0 Å². The fourth-order valence-electron chi connectivity index (χ4n) is 3.62. The lowest BCUT2D eigenvalue weighted by Gasteiger charge is -2.43. The van der Waals surface area contributed by atoms with Crippen molar-refractivity contribution in [1.29, 1.82) is 5.26 Å². The van der Waals surface area contributed by atoms with Gasteiger partial charge in [-0.15, -0.1) is 5.10 Å². The quantitative estimate of drug-likeness (QED) is 0.743. The van der Waals surface area contributed by atoms with E-state index in [0.717, 1.165) is 11.3 Å². The molecule has 0 saturated carbocycles. The number of rotatable bonds is 0. The van der Waals surface area contributed by atoms with Crippen LogP contribution in [-0.2, 0) is 10.2 Å². The van der Waals surface area contributed by atoms with E-state index in [1.165, 1.54) is 0 Å². The number of nitrogens with one attached hydrogen (secondary N) is 1. The number of carbonyl (C=O) groups excluding carboxylic acids is 1. The summed E-state index contributed by atoms with van der Waals surface area (Å²) in [4.78, 5) is 14.0. The molecule has 1 aromatic rings. The molecule has 8 nitrogen and oxygen atoms in total. The highest BCUT2D eigenvalue weighted by atomic mass is 16.6. The lowest BCUT2D eigenvalue weighted by atomic mass is 9.67. The Bertz CT molecular complexity index is 773. The highest BCUT2D eigenvalue weighted by Gasteiger charge is 2.49. The second-order valence-corrected chi connectivity index (χ2v) is 7.53. The molecule has 2 aliphatic rings. The Morgan fingerprint density at radius 3 is 2.64 bits per heavy atom. The molecule has 3 N–H and O–H groups in total. The van der Waals surface area contributed by atoms with Gasteiger partial charge in [-0.2, -0.15) is 5.26 Å². The van der Waals surface area contributed by atoms with Gasteiger partial charge in [0.1, 0.15) is 17.2 Å². The first-order chi connectivity index (χ1) is 11.7. The maximum absolute atomic E-state index is 12.3. The van der Waals surface area contributed by atoms with Gasteiger partial charge >= 0.3 is 6.09 Å². The van der Waals surface area contributed by atoms with Crippen molar-refractivity contribution in [1.82, 2.24) is 15.1 Å². The number of fused-ring (bicyclic) bond motifs is 2. The van der Waals surface area contributed by atoms with E-state index in [2.05, 4.69) is 16.3 Å². The van der Waals surface area contributed by atoms with Gasteiger partial charge in [0, 0.05) is 29.8 Å². The van der Waals surface area contributed by atoms with Gasteiger partial charge in [-0.05, 0) is 40.5 Å². The number of hydrogen-bond donors (Lipinski definition) is 2. The molecule has 0 aliphatic carbocycles. The Kier molecular flexibility index (Phi) is 3.90. The van der Waals surface area contributed by atoms with Crippen LogP contribution in [0.5, 0.6) is 5.88 Å². The van der Waals surface area contributed by atoms with Crippen molar-refractivity contribution >= 4 is 6.09 Å². The van der Waals surface area contributed by atoms with E-state index in [0.29, 0.717) is 37.4 Å². The summed E-state index contributed by atoms with van der Waals surface area (Å²) in [5.74, 6) is 0.506. The zero-order valence-electron chi connectivity index (χ0n) is 15.0. The van der Waals surface area contributed by atoms with Gasteiger partial charge in [-0.1, -0.05) is 0 Å². The third-order valence-corrected chi connectivity index (χ3v) is 4.70. The maximum atomic E-state index is 12.3. The number of H-pyrrole nitrogens is 1. The third kappa shape index (κ3) is 2.80. The predicted molar refractivity (Wildman–Crippen MR) is 89.5 cm³/mol. The fraction of sp³-hybridized carbons (Fsp3) is 0.588. The van der Waals surface area contributed by atoms with Crippen molar-refractivity contribution in [2.45, 2.75) is 51.6 Å². The van der Waals surface area contributed by atoms with Crippen LogP contribution in [0.15, 0.2) is 11.5 Å². The topological polar surface area (TPSA) is 117 Å². The molecule has 0 aromatic carbocycles. The predicted octanol–water partition coefficient (Wildman–Crippen LogP) is 2.07. The number of amides is 1. The summed E-state index contributed by atoms with van der Waals surface area (Å²) >= 11 is 0. The van der Waals surface area contributed by atoms with Crippen molar-refractivity contribution in [3.05, 3.63) is 22.7 Å². The molecule has 0 unspecified atom stereocenters. The standard InChI is InChI=1S/C17H23N5O3/c1-10-12-14(21-20-10)24-13(19)11(9-18)17(12)5-7-22(8-6-17)15(23)25-16(2,3)4/h5-8,19H2,1-4H3,(H,20,21). The largest absolute Gasteiger partial charge is 0.444 e. The summed E-state index contributed by atoms with van der Waals surface area (Å²) < 4.78 is 11.0. The monoisotopic (exact) mass is 345 g/mol. The van der Waals surface area contributed by atoms with Crippen molar-refractivity contribution < 1.29 is 14.3 Å². The highest BCUT2D eigenvalue weighted by molar-refractivity contribution is 5.68. The molecule has 1 amide bonds. The van der Waals surface area contributed by atoms with Crippen LogP contribution in [0, 0.1) is 18.3 Å². The van der Waals surface area contributed by atoms with E-state index >= 15 is 0 Å².